The highest BCUT2D eigenvalue weighted by atomic mass is 32.7. The van der Waals surface area contributed by atoms with Crippen LogP contribution in [-0.4, -0.2) is 48.9 Å². The van der Waals surface area contributed by atoms with Crippen molar-refractivity contribution in [3.63, 3.8) is 0 Å². The summed E-state index contributed by atoms with van der Waals surface area (Å²) in [6.45, 7) is 4.74. The van der Waals surface area contributed by atoms with Crippen molar-refractivity contribution in [2.45, 2.75) is 50.4 Å². The van der Waals surface area contributed by atoms with E-state index in [0.29, 0.717) is 34.3 Å². The summed E-state index contributed by atoms with van der Waals surface area (Å²) < 4.78 is 11.4. The Kier molecular flexibility index (Phi) is 9.38. The molecule has 1 fully saturated rings. The Hall–Kier alpha value is 0.425. The van der Waals surface area contributed by atoms with Gasteiger partial charge in [0.1, 0.15) is 0 Å². The number of hydrogen-bond donors (Lipinski definition) is 3. The number of ether oxygens (including phenoxy) is 1. The molecule has 0 radical (unpaired) electrons. The van der Waals surface area contributed by atoms with Gasteiger partial charge in [-0.1, -0.05) is 19.8 Å². The zero-order valence-electron chi connectivity index (χ0n) is 11.3. The maximum atomic E-state index is 9.72. The Morgan fingerprint density at radius 3 is 2.95 bits per heavy atom. The molecule has 0 amide bonds. The van der Waals surface area contributed by atoms with Crippen molar-refractivity contribution in [3.8, 4) is 0 Å². The Balaban J connectivity index is 2.29. The Labute approximate surface area is 123 Å². The van der Waals surface area contributed by atoms with Gasteiger partial charge in [0, 0.05) is 13.2 Å². The molecule has 1 rings (SSSR count). The molecule has 0 bridgehead atoms. The van der Waals surface area contributed by atoms with Gasteiger partial charge in [-0.3, -0.25) is 0 Å². The Morgan fingerprint density at radius 2 is 2.26 bits per heavy atom. The van der Waals surface area contributed by atoms with Crippen molar-refractivity contribution in [2.24, 2.45) is 0 Å². The van der Waals surface area contributed by atoms with E-state index in [-0.39, 0.29) is 18.8 Å². The van der Waals surface area contributed by atoms with Gasteiger partial charge in [-0.2, -0.15) is 12.2 Å². The van der Waals surface area contributed by atoms with E-state index in [0.717, 1.165) is 19.3 Å². The van der Waals surface area contributed by atoms with Crippen LogP contribution in [0.5, 0.6) is 0 Å². The lowest BCUT2D eigenvalue weighted by atomic mass is 9.94. The summed E-state index contributed by atoms with van der Waals surface area (Å²) in [5.41, 5.74) is 1.17. The molecule has 7 heteroatoms. The highest BCUT2D eigenvalue weighted by Crippen LogP contribution is 2.28. The zero-order chi connectivity index (χ0) is 14.1. The molecule has 1 aliphatic rings. The zero-order valence-corrected chi connectivity index (χ0v) is 13.1. The minimum Gasteiger partial charge on any atom is -0.434 e. The molecule has 0 saturated carbocycles. The van der Waals surface area contributed by atoms with E-state index < -0.39 is 6.10 Å². The van der Waals surface area contributed by atoms with Crippen LogP contribution in [0.15, 0.2) is 12.2 Å². The second kappa shape index (κ2) is 10.2. The van der Waals surface area contributed by atoms with Gasteiger partial charge in [0.15, 0.2) is 0 Å². The van der Waals surface area contributed by atoms with Gasteiger partial charge in [-0.15, -0.1) is 0 Å². The van der Waals surface area contributed by atoms with Crippen LogP contribution in [0.3, 0.4) is 0 Å². The standard InChI is InChI=1S/C12H24BO4PS/c1-9-6-11(3-5-16-13-18-19)17-12(7-9)8-10(15)2-4-14/h10-15,18-19H,1-8H2/t10-,11-,12+/m0/s1. The third-order valence-electron chi connectivity index (χ3n) is 3.17. The Bertz CT molecular complexity index is 270. The first-order chi connectivity index (χ1) is 9.15. The topological polar surface area (TPSA) is 58.9 Å². The van der Waals surface area contributed by atoms with Crippen LogP contribution in [0.1, 0.15) is 32.1 Å². The lowest BCUT2D eigenvalue weighted by molar-refractivity contribution is -0.0604. The lowest BCUT2D eigenvalue weighted by Crippen LogP contribution is -2.32. The molecule has 1 saturated heterocycles. The molecule has 19 heavy (non-hydrogen) atoms. The van der Waals surface area contributed by atoms with Crippen molar-refractivity contribution >= 4 is 27.1 Å². The van der Waals surface area contributed by atoms with E-state index in [1.54, 1.807) is 0 Å². The number of aliphatic hydroxyl groups excluding tert-OH is 2. The molecule has 1 unspecified atom stereocenters. The number of rotatable bonds is 9. The minimum atomic E-state index is -0.497. The van der Waals surface area contributed by atoms with Gasteiger partial charge in [0.2, 0.25) is 0 Å². The number of thiol groups is 1. The van der Waals surface area contributed by atoms with E-state index in [2.05, 4.69) is 18.8 Å². The van der Waals surface area contributed by atoms with Gasteiger partial charge in [0.25, 0.3) is 0 Å². The summed E-state index contributed by atoms with van der Waals surface area (Å²) in [6.07, 6.45) is 3.15. The summed E-state index contributed by atoms with van der Waals surface area (Å²) in [5.74, 6) is 0. The maximum Gasteiger partial charge on any atom is 0.310 e. The van der Waals surface area contributed by atoms with Crippen molar-refractivity contribution in [1.82, 2.24) is 0 Å². The third kappa shape index (κ3) is 7.69. The van der Waals surface area contributed by atoms with Gasteiger partial charge < -0.3 is 19.6 Å². The van der Waals surface area contributed by atoms with Crippen molar-refractivity contribution in [3.05, 3.63) is 12.2 Å². The van der Waals surface area contributed by atoms with Crippen LogP contribution in [-0.2, 0) is 9.39 Å². The quantitative estimate of drug-likeness (QED) is 0.198. The van der Waals surface area contributed by atoms with Crippen LogP contribution in [0, 0.1) is 0 Å². The van der Waals surface area contributed by atoms with Crippen LogP contribution in [0.25, 0.3) is 0 Å². The molecule has 0 aliphatic carbocycles. The normalized spacial score (nSPS) is 25.9. The van der Waals surface area contributed by atoms with E-state index >= 15 is 0 Å². The second-order valence-electron chi connectivity index (χ2n) is 4.94. The van der Waals surface area contributed by atoms with Crippen molar-refractivity contribution < 1.29 is 19.6 Å². The molecule has 0 aromatic carbocycles. The van der Waals surface area contributed by atoms with E-state index in [9.17, 15) is 5.11 Å². The maximum absolute atomic E-state index is 9.72. The fraction of sp³-hybridized carbons (Fsp3) is 0.833. The molecule has 1 heterocycles. The fourth-order valence-corrected chi connectivity index (χ4v) is 2.82. The molecular weight excluding hydrogens is 282 g/mol. The first-order valence-corrected chi connectivity index (χ1v) is 9.21. The van der Waals surface area contributed by atoms with Crippen LogP contribution in [0.2, 0.25) is 0 Å². The molecule has 4 nitrogen and oxygen atoms in total. The average molecular weight is 306 g/mol. The van der Waals surface area contributed by atoms with Gasteiger partial charge >= 0.3 is 7.20 Å². The van der Waals surface area contributed by atoms with Crippen LogP contribution >= 0.6 is 19.9 Å². The largest absolute Gasteiger partial charge is 0.434 e. The smallest absolute Gasteiger partial charge is 0.310 e. The number of hydrogen-bond acceptors (Lipinski definition) is 5. The molecular formula is C12H24BO4PS. The van der Waals surface area contributed by atoms with Crippen LogP contribution in [0.4, 0.5) is 0 Å². The minimum absolute atomic E-state index is 0.0105. The van der Waals surface area contributed by atoms with E-state index in [1.807, 2.05) is 0 Å². The molecule has 0 aromatic heterocycles. The highest BCUT2D eigenvalue weighted by Gasteiger charge is 2.26. The van der Waals surface area contributed by atoms with E-state index in [1.165, 1.54) is 5.57 Å². The van der Waals surface area contributed by atoms with Crippen molar-refractivity contribution in [1.29, 1.82) is 0 Å². The predicted molar refractivity (Wildman–Crippen MR) is 84.4 cm³/mol. The molecule has 1 aliphatic heterocycles. The summed E-state index contributed by atoms with van der Waals surface area (Å²) in [7, 11) is 1.21. The van der Waals surface area contributed by atoms with Gasteiger partial charge in [-0.05, 0) is 32.1 Å². The summed E-state index contributed by atoms with van der Waals surface area (Å²) in [6, 6.07) is 0. The summed E-state index contributed by atoms with van der Waals surface area (Å²) in [4.78, 5) is 0. The molecule has 4 atom stereocenters. The summed E-state index contributed by atoms with van der Waals surface area (Å²) >= 11 is 4.12. The third-order valence-corrected chi connectivity index (χ3v) is 3.89. The molecule has 0 spiro atoms. The first-order valence-electron chi connectivity index (χ1n) is 6.71. The highest BCUT2D eigenvalue weighted by molar-refractivity contribution is 8.46. The Morgan fingerprint density at radius 1 is 1.53 bits per heavy atom. The summed E-state index contributed by atoms with van der Waals surface area (Å²) in [5, 5.41) is 18.5. The lowest BCUT2D eigenvalue weighted by Gasteiger charge is -2.32. The predicted octanol–water partition coefficient (Wildman–Crippen LogP) is 1.42. The monoisotopic (exact) mass is 306 g/mol. The van der Waals surface area contributed by atoms with E-state index in [4.69, 9.17) is 14.5 Å². The fourth-order valence-electron chi connectivity index (χ4n) is 2.31. The second-order valence-corrected chi connectivity index (χ2v) is 6.49. The number of aliphatic hydroxyl groups is 2. The molecule has 2 N–H and O–H groups in total. The molecule has 110 valence electrons. The van der Waals surface area contributed by atoms with Crippen molar-refractivity contribution in [2.75, 3.05) is 13.2 Å². The van der Waals surface area contributed by atoms with Gasteiger partial charge in [-0.25, -0.2) is 0 Å². The SMILES string of the molecule is C=C1C[C@H](C[C@@H](O)CCO)O[C@@H](CCOBPS)C1. The first kappa shape index (κ1) is 17.5. The molecule has 0 aromatic rings. The van der Waals surface area contributed by atoms with Crippen LogP contribution < -0.4 is 0 Å². The average Bonchev–Trinajstić information content (AvgIpc) is 2.34. The van der Waals surface area contributed by atoms with Gasteiger partial charge in [0.05, 0.1) is 18.3 Å².